The van der Waals surface area contributed by atoms with Crippen LogP contribution in [0.4, 0.5) is 10.5 Å². The lowest BCUT2D eigenvalue weighted by molar-refractivity contribution is -0.122. The molecule has 33 heavy (non-hydrogen) atoms. The Balaban J connectivity index is 1.55. The predicted molar refractivity (Wildman–Crippen MR) is 133 cm³/mol. The van der Waals surface area contributed by atoms with E-state index in [9.17, 15) is 14.4 Å². The van der Waals surface area contributed by atoms with Crippen molar-refractivity contribution < 1.29 is 19.1 Å². The molecule has 3 aromatic rings. The molecule has 6 nitrogen and oxygen atoms in total. The second-order valence-electron chi connectivity index (χ2n) is 7.04. The van der Waals surface area contributed by atoms with Gasteiger partial charge in [-0.2, -0.15) is 0 Å². The van der Waals surface area contributed by atoms with E-state index < -0.39 is 17.8 Å². The summed E-state index contributed by atoms with van der Waals surface area (Å²) in [6.45, 7) is 0.349. The molecule has 1 aliphatic rings. The number of anilines is 1. The van der Waals surface area contributed by atoms with Crippen LogP contribution in [0.1, 0.15) is 11.1 Å². The van der Waals surface area contributed by atoms with Crippen molar-refractivity contribution in [3.63, 3.8) is 0 Å². The van der Waals surface area contributed by atoms with Crippen LogP contribution in [-0.2, 0) is 16.2 Å². The van der Waals surface area contributed by atoms with Crippen LogP contribution in [0.15, 0.2) is 81.2 Å². The summed E-state index contributed by atoms with van der Waals surface area (Å²) >= 11 is 12.7. The number of rotatable bonds is 5. The van der Waals surface area contributed by atoms with E-state index in [1.165, 1.54) is 6.08 Å². The normalized spacial score (nSPS) is 15.1. The maximum atomic E-state index is 13.0. The molecule has 4 rings (SSSR count). The Bertz CT molecular complexity index is 1270. The highest BCUT2D eigenvalue weighted by Gasteiger charge is 2.36. The summed E-state index contributed by atoms with van der Waals surface area (Å²) in [5.41, 5.74) is 1.74. The van der Waals surface area contributed by atoms with E-state index in [0.717, 1.165) is 14.9 Å². The molecule has 166 valence electrons. The minimum absolute atomic E-state index is 0.153. The maximum Gasteiger partial charge on any atom is 0.335 e. The summed E-state index contributed by atoms with van der Waals surface area (Å²) in [5.74, 6) is -0.860. The standard InChI is InChI=1S/C24H15Br2ClN2O4/c25-16-4-8-18(9-5-16)29-23(31)19(22(30)28-24(29)32)11-15-3-10-21(20(26)12-15)33-13-14-1-6-17(27)7-2-14/h1-12H,13H2,(H,28,30,32)/b19-11+. The van der Waals surface area contributed by atoms with Gasteiger partial charge in [-0.25, -0.2) is 9.69 Å². The van der Waals surface area contributed by atoms with Crippen molar-refractivity contribution in [2.45, 2.75) is 6.61 Å². The van der Waals surface area contributed by atoms with Crippen molar-refractivity contribution in [2.75, 3.05) is 4.90 Å². The van der Waals surface area contributed by atoms with Crippen molar-refractivity contribution in [1.82, 2.24) is 5.32 Å². The minimum Gasteiger partial charge on any atom is -0.488 e. The fourth-order valence-electron chi connectivity index (χ4n) is 3.11. The molecule has 4 amide bonds. The fourth-order valence-corrected chi connectivity index (χ4v) is 4.02. The van der Waals surface area contributed by atoms with Gasteiger partial charge in [0, 0.05) is 9.50 Å². The average molecular weight is 591 g/mol. The molecule has 0 radical (unpaired) electrons. The monoisotopic (exact) mass is 588 g/mol. The van der Waals surface area contributed by atoms with Crippen molar-refractivity contribution in [2.24, 2.45) is 0 Å². The third kappa shape index (κ3) is 5.35. The molecule has 1 fully saturated rings. The van der Waals surface area contributed by atoms with E-state index in [1.807, 2.05) is 12.1 Å². The van der Waals surface area contributed by atoms with Crippen molar-refractivity contribution in [3.8, 4) is 5.75 Å². The smallest absolute Gasteiger partial charge is 0.335 e. The van der Waals surface area contributed by atoms with E-state index in [2.05, 4.69) is 37.2 Å². The van der Waals surface area contributed by atoms with Gasteiger partial charge in [-0.1, -0.05) is 45.7 Å². The first-order chi connectivity index (χ1) is 15.8. The highest BCUT2D eigenvalue weighted by atomic mass is 79.9. The number of urea groups is 1. The highest BCUT2D eigenvalue weighted by Crippen LogP contribution is 2.29. The Labute approximate surface area is 211 Å². The lowest BCUT2D eigenvalue weighted by Crippen LogP contribution is -2.54. The summed E-state index contributed by atoms with van der Waals surface area (Å²) < 4.78 is 7.28. The molecule has 0 aliphatic carbocycles. The van der Waals surface area contributed by atoms with Gasteiger partial charge in [-0.05, 0) is 81.7 Å². The topological polar surface area (TPSA) is 75.7 Å². The summed E-state index contributed by atoms with van der Waals surface area (Å²) in [6, 6.07) is 18.3. The molecule has 3 aromatic carbocycles. The number of halogens is 3. The highest BCUT2D eigenvalue weighted by molar-refractivity contribution is 9.10. The van der Waals surface area contributed by atoms with Crippen LogP contribution in [0.5, 0.6) is 5.75 Å². The van der Waals surface area contributed by atoms with Crippen molar-refractivity contribution in [1.29, 1.82) is 0 Å². The Kier molecular flexibility index (Phi) is 6.97. The maximum absolute atomic E-state index is 13.0. The average Bonchev–Trinajstić information content (AvgIpc) is 2.78. The molecule has 0 atom stereocenters. The van der Waals surface area contributed by atoms with Crippen molar-refractivity contribution in [3.05, 3.63) is 97.4 Å². The molecule has 1 heterocycles. The van der Waals surface area contributed by atoms with E-state index in [1.54, 1.807) is 54.6 Å². The van der Waals surface area contributed by atoms with Crippen LogP contribution in [-0.4, -0.2) is 17.8 Å². The van der Waals surface area contributed by atoms with Gasteiger partial charge < -0.3 is 4.74 Å². The number of hydrogen-bond donors (Lipinski definition) is 1. The number of barbiturate groups is 1. The number of carbonyl (C=O) groups excluding carboxylic acids is 3. The van der Waals surface area contributed by atoms with Crippen molar-refractivity contribution >= 4 is 73.1 Å². The number of carbonyl (C=O) groups is 3. The van der Waals surface area contributed by atoms with E-state index >= 15 is 0 Å². The van der Waals surface area contributed by atoms with Crippen LogP contribution in [0.2, 0.25) is 5.02 Å². The molecule has 0 unspecified atom stereocenters. The fraction of sp³-hybridized carbons (Fsp3) is 0.0417. The lowest BCUT2D eigenvalue weighted by Gasteiger charge is -2.26. The zero-order valence-corrected chi connectivity index (χ0v) is 20.8. The number of nitrogens with one attached hydrogen (secondary N) is 1. The summed E-state index contributed by atoms with van der Waals surface area (Å²) in [7, 11) is 0. The minimum atomic E-state index is -0.795. The van der Waals surface area contributed by atoms with Crippen LogP contribution in [0.3, 0.4) is 0 Å². The number of imide groups is 2. The Morgan fingerprint density at radius 3 is 2.30 bits per heavy atom. The van der Waals surface area contributed by atoms with Gasteiger partial charge in [0.25, 0.3) is 11.8 Å². The number of ether oxygens (including phenoxy) is 1. The zero-order valence-electron chi connectivity index (χ0n) is 16.8. The van der Waals surface area contributed by atoms with Crippen LogP contribution in [0.25, 0.3) is 6.08 Å². The molecular formula is C24H15Br2ClN2O4. The Morgan fingerprint density at radius 2 is 1.64 bits per heavy atom. The van der Waals surface area contributed by atoms with Gasteiger partial charge in [0.15, 0.2) is 0 Å². The molecule has 0 spiro atoms. The number of nitrogens with zero attached hydrogens (tertiary/aromatic N) is 1. The summed E-state index contributed by atoms with van der Waals surface area (Å²) in [5, 5.41) is 2.86. The van der Waals surface area contributed by atoms with Crippen LogP contribution in [0, 0.1) is 0 Å². The molecule has 1 N–H and O–H groups in total. The molecular weight excluding hydrogens is 576 g/mol. The third-order valence-electron chi connectivity index (χ3n) is 4.76. The lowest BCUT2D eigenvalue weighted by atomic mass is 10.1. The Hall–Kier alpha value is -2.94. The van der Waals surface area contributed by atoms with Gasteiger partial charge in [0.05, 0.1) is 10.2 Å². The second kappa shape index (κ2) is 9.91. The summed E-state index contributed by atoms with van der Waals surface area (Å²) in [4.78, 5) is 38.6. The third-order valence-corrected chi connectivity index (χ3v) is 6.16. The number of benzene rings is 3. The Morgan fingerprint density at radius 1 is 0.939 bits per heavy atom. The molecule has 0 aromatic heterocycles. The molecule has 0 saturated carbocycles. The predicted octanol–water partition coefficient (Wildman–Crippen LogP) is 6.11. The molecule has 0 bridgehead atoms. The molecule has 1 aliphatic heterocycles. The first-order valence-electron chi connectivity index (χ1n) is 9.65. The molecule has 9 heteroatoms. The van der Waals surface area contributed by atoms with Gasteiger partial charge in [-0.3, -0.25) is 14.9 Å². The van der Waals surface area contributed by atoms with E-state index in [-0.39, 0.29) is 5.57 Å². The quantitative estimate of drug-likeness (QED) is 0.288. The molecule has 1 saturated heterocycles. The second-order valence-corrected chi connectivity index (χ2v) is 9.25. The SMILES string of the molecule is O=C1NC(=O)N(c2ccc(Br)cc2)C(=O)/C1=C/c1ccc(OCc2ccc(Cl)cc2)c(Br)c1. The zero-order chi connectivity index (χ0) is 23.5. The van der Waals surface area contributed by atoms with E-state index in [4.69, 9.17) is 16.3 Å². The van der Waals surface area contributed by atoms with E-state index in [0.29, 0.717) is 33.1 Å². The first-order valence-corrected chi connectivity index (χ1v) is 11.6. The summed E-state index contributed by atoms with van der Waals surface area (Å²) in [6.07, 6.45) is 1.43. The van der Waals surface area contributed by atoms with Crippen LogP contribution >= 0.6 is 43.5 Å². The van der Waals surface area contributed by atoms with Gasteiger partial charge in [-0.15, -0.1) is 0 Å². The largest absolute Gasteiger partial charge is 0.488 e. The van der Waals surface area contributed by atoms with Gasteiger partial charge in [0.2, 0.25) is 0 Å². The number of hydrogen-bond acceptors (Lipinski definition) is 4. The van der Waals surface area contributed by atoms with Gasteiger partial charge in [0.1, 0.15) is 17.9 Å². The first kappa shape index (κ1) is 23.2. The number of amides is 4. The van der Waals surface area contributed by atoms with Crippen LogP contribution < -0.4 is 15.0 Å². The van der Waals surface area contributed by atoms with Gasteiger partial charge >= 0.3 is 6.03 Å².